The number of aliphatic hydroxyl groups excluding tert-OH is 1. The highest BCUT2D eigenvalue weighted by molar-refractivity contribution is 4.92. The summed E-state index contributed by atoms with van der Waals surface area (Å²) in [4.78, 5) is 2.29. The number of hydrogen-bond acceptors (Lipinski definition) is 4. The maximum absolute atomic E-state index is 9.56. The van der Waals surface area contributed by atoms with Crippen molar-refractivity contribution in [2.24, 2.45) is 5.41 Å². The fraction of sp³-hybridized carbons (Fsp3) is 1.00. The monoisotopic (exact) mass is 286 g/mol. The van der Waals surface area contributed by atoms with Crippen molar-refractivity contribution in [3.63, 3.8) is 0 Å². The van der Waals surface area contributed by atoms with Crippen molar-refractivity contribution in [2.75, 3.05) is 40.0 Å². The number of rotatable bonds is 6. The smallest absolute Gasteiger partial charge is 0.0609 e. The Labute approximate surface area is 124 Å². The first-order chi connectivity index (χ1) is 9.10. The van der Waals surface area contributed by atoms with E-state index in [0.717, 1.165) is 39.1 Å². The minimum absolute atomic E-state index is 0.135. The van der Waals surface area contributed by atoms with Crippen molar-refractivity contribution in [1.29, 1.82) is 0 Å². The molecular weight excluding hydrogens is 252 g/mol. The van der Waals surface area contributed by atoms with Gasteiger partial charge in [-0.1, -0.05) is 0 Å². The third-order valence-electron chi connectivity index (χ3n) is 4.54. The zero-order valence-electron chi connectivity index (χ0n) is 14.3. The van der Waals surface area contributed by atoms with Crippen LogP contribution in [0.5, 0.6) is 0 Å². The Bertz CT molecular complexity index is 291. The van der Waals surface area contributed by atoms with Crippen molar-refractivity contribution in [1.82, 2.24) is 10.2 Å². The van der Waals surface area contributed by atoms with Gasteiger partial charge in [-0.15, -0.1) is 0 Å². The number of nitrogens with zero attached hydrogens (tertiary/aromatic N) is 1. The first-order valence-electron chi connectivity index (χ1n) is 7.75. The molecule has 1 fully saturated rings. The van der Waals surface area contributed by atoms with Crippen LogP contribution >= 0.6 is 0 Å². The van der Waals surface area contributed by atoms with Crippen LogP contribution in [0.2, 0.25) is 0 Å². The molecule has 0 bridgehead atoms. The third-order valence-corrected chi connectivity index (χ3v) is 4.54. The van der Waals surface area contributed by atoms with Crippen molar-refractivity contribution >= 4 is 0 Å². The van der Waals surface area contributed by atoms with E-state index >= 15 is 0 Å². The highest BCUT2D eigenvalue weighted by Gasteiger charge is 2.37. The van der Waals surface area contributed by atoms with Gasteiger partial charge in [-0.05, 0) is 59.9 Å². The van der Waals surface area contributed by atoms with Gasteiger partial charge in [0, 0.05) is 37.4 Å². The van der Waals surface area contributed by atoms with Crippen LogP contribution in [0.1, 0.15) is 47.5 Å². The minimum Gasteiger partial charge on any atom is -0.394 e. The maximum Gasteiger partial charge on any atom is 0.0609 e. The fourth-order valence-corrected chi connectivity index (χ4v) is 2.49. The molecule has 1 aliphatic rings. The first-order valence-corrected chi connectivity index (χ1v) is 7.75. The van der Waals surface area contributed by atoms with Gasteiger partial charge in [-0.3, -0.25) is 4.90 Å². The predicted octanol–water partition coefficient (Wildman–Crippen LogP) is 1.87. The number of aliphatic hydroxyl groups is 1. The summed E-state index contributed by atoms with van der Waals surface area (Å²) in [6.45, 7) is 14.7. The average Bonchev–Trinajstić information content (AvgIpc) is 2.37. The van der Waals surface area contributed by atoms with Crippen LogP contribution in [-0.2, 0) is 4.74 Å². The highest BCUT2D eigenvalue weighted by atomic mass is 16.5. The van der Waals surface area contributed by atoms with Crippen LogP contribution in [0.3, 0.4) is 0 Å². The molecule has 0 unspecified atom stereocenters. The topological polar surface area (TPSA) is 44.7 Å². The summed E-state index contributed by atoms with van der Waals surface area (Å²) in [6.07, 6.45) is 2.17. The minimum atomic E-state index is -0.174. The predicted molar refractivity (Wildman–Crippen MR) is 84.0 cm³/mol. The van der Waals surface area contributed by atoms with Gasteiger partial charge in [0.05, 0.1) is 6.61 Å². The Hall–Kier alpha value is -0.160. The number of nitrogens with one attached hydrogen (secondary N) is 1. The van der Waals surface area contributed by atoms with E-state index in [1.165, 1.54) is 0 Å². The molecule has 4 heteroatoms. The molecule has 0 aliphatic carbocycles. The lowest BCUT2D eigenvalue weighted by Crippen LogP contribution is -2.55. The molecule has 0 amide bonds. The fourth-order valence-electron chi connectivity index (χ4n) is 2.49. The van der Waals surface area contributed by atoms with Gasteiger partial charge in [0.1, 0.15) is 0 Å². The largest absolute Gasteiger partial charge is 0.394 e. The first kappa shape index (κ1) is 17.9. The van der Waals surface area contributed by atoms with Gasteiger partial charge in [0.15, 0.2) is 0 Å². The van der Waals surface area contributed by atoms with Crippen molar-refractivity contribution in [3.05, 3.63) is 0 Å². The normalized spacial score (nSPS) is 20.4. The Balaban J connectivity index is 2.73. The summed E-state index contributed by atoms with van der Waals surface area (Å²) < 4.78 is 5.55. The molecule has 1 rings (SSSR count). The SMILES string of the molecule is CN(CC1(CNC(C)(C)C)CCOCC1)C(C)(C)CO. The van der Waals surface area contributed by atoms with E-state index in [4.69, 9.17) is 4.74 Å². The van der Waals surface area contributed by atoms with E-state index in [1.54, 1.807) is 0 Å². The molecule has 0 spiro atoms. The van der Waals surface area contributed by atoms with Crippen LogP contribution in [-0.4, -0.2) is 61.0 Å². The van der Waals surface area contributed by atoms with Crippen LogP contribution in [0.15, 0.2) is 0 Å². The number of hydrogen-bond donors (Lipinski definition) is 2. The van der Waals surface area contributed by atoms with Crippen molar-refractivity contribution in [3.8, 4) is 0 Å². The lowest BCUT2D eigenvalue weighted by Gasteiger charge is -2.45. The van der Waals surface area contributed by atoms with E-state index in [1.807, 2.05) is 0 Å². The van der Waals surface area contributed by atoms with Gasteiger partial charge >= 0.3 is 0 Å². The molecule has 0 aromatic rings. The molecule has 0 aromatic heterocycles. The van der Waals surface area contributed by atoms with Gasteiger partial charge in [0.2, 0.25) is 0 Å². The molecule has 0 radical (unpaired) electrons. The standard InChI is InChI=1S/C16H34N2O2/c1-14(2,3)17-11-16(7-9-20-10-8-16)12-18(6)15(4,5)13-19/h17,19H,7-13H2,1-6H3. The van der Waals surface area contributed by atoms with Gasteiger partial charge < -0.3 is 15.2 Å². The molecule has 0 atom stereocenters. The van der Waals surface area contributed by atoms with Crippen molar-refractivity contribution in [2.45, 2.75) is 58.5 Å². The maximum atomic E-state index is 9.56. The van der Waals surface area contributed by atoms with E-state index in [-0.39, 0.29) is 23.1 Å². The summed E-state index contributed by atoms with van der Waals surface area (Å²) >= 11 is 0. The molecule has 1 saturated heterocycles. The Kier molecular flexibility index (Phi) is 6.02. The van der Waals surface area contributed by atoms with Crippen LogP contribution in [0.25, 0.3) is 0 Å². The van der Waals surface area contributed by atoms with E-state index in [9.17, 15) is 5.11 Å². The van der Waals surface area contributed by atoms with E-state index in [2.05, 4.69) is 51.9 Å². The second-order valence-corrected chi connectivity index (χ2v) is 8.04. The second kappa shape index (κ2) is 6.73. The van der Waals surface area contributed by atoms with Gasteiger partial charge in [0.25, 0.3) is 0 Å². The highest BCUT2D eigenvalue weighted by Crippen LogP contribution is 2.33. The molecule has 4 nitrogen and oxygen atoms in total. The van der Waals surface area contributed by atoms with Crippen molar-refractivity contribution < 1.29 is 9.84 Å². The lowest BCUT2D eigenvalue weighted by atomic mass is 9.78. The molecule has 2 N–H and O–H groups in total. The molecule has 20 heavy (non-hydrogen) atoms. The summed E-state index contributed by atoms with van der Waals surface area (Å²) in [5, 5.41) is 13.2. The quantitative estimate of drug-likeness (QED) is 0.782. The number of ether oxygens (including phenoxy) is 1. The molecule has 1 aliphatic heterocycles. The summed E-state index contributed by atoms with van der Waals surface area (Å²) in [6, 6.07) is 0. The lowest BCUT2D eigenvalue weighted by molar-refractivity contribution is -0.0275. The van der Waals surface area contributed by atoms with Crippen LogP contribution < -0.4 is 5.32 Å². The third kappa shape index (κ3) is 5.32. The average molecular weight is 286 g/mol. The Morgan fingerprint density at radius 1 is 1.15 bits per heavy atom. The van der Waals surface area contributed by atoms with E-state index < -0.39 is 0 Å². The summed E-state index contributed by atoms with van der Waals surface area (Å²) in [5.74, 6) is 0. The van der Waals surface area contributed by atoms with Crippen LogP contribution in [0.4, 0.5) is 0 Å². The zero-order valence-corrected chi connectivity index (χ0v) is 14.3. The molecule has 1 heterocycles. The zero-order chi connectivity index (χ0) is 15.4. The van der Waals surface area contributed by atoms with Crippen LogP contribution in [0, 0.1) is 5.41 Å². The summed E-state index contributed by atoms with van der Waals surface area (Å²) in [7, 11) is 2.12. The molecular formula is C16H34N2O2. The molecule has 0 saturated carbocycles. The molecule has 0 aromatic carbocycles. The Morgan fingerprint density at radius 3 is 2.15 bits per heavy atom. The molecule has 120 valence electrons. The van der Waals surface area contributed by atoms with E-state index in [0.29, 0.717) is 0 Å². The second-order valence-electron chi connectivity index (χ2n) is 8.04. The Morgan fingerprint density at radius 2 is 1.70 bits per heavy atom. The summed E-state index contributed by atoms with van der Waals surface area (Å²) in [5.41, 5.74) is 0.204. The number of likely N-dealkylation sites (N-methyl/N-ethyl adjacent to an activating group) is 1. The van der Waals surface area contributed by atoms with Gasteiger partial charge in [-0.2, -0.15) is 0 Å². The van der Waals surface area contributed by atoms with Gasteiger partial charge in [-0.25, -0.2) is 0 Å².